The van der Waals surface area contributed by atoms with Crippen LogP contribution >= 0.6 is 0 Å². The number of alkyl halides is 3. The largest absolute Gasteiger partial charge is 0.416 e. The fourth-order valence-electron chi connectivity index (χ4n) is 3.04. The van der Waals surface area contributed by atoms with E-state index >= 15 is 0 Å². The van der Waals surface area contributed by atoms with Gasteiger partial charge in [-0.2, -0.15) is 18.3 Å². The highest BCUT2D eigenvalue weighted by Gasteiger charge is 2.45. The maximum Gasteiger partial charge on any atom is 0.416 e. The van der Waals surface area contributed by atoms with Crippen LogP contribution < -0.4 is 5.32 Å². The lowest BCUT2D eigenvalue weighted by Crippen LogP contribution is -2.20. The first kappa shape index (κ1) is 15.9. The van der Waals surface area contributed by atoms with Gasteiger partial charge in [0.2, 0.25) is 0 Å². The summed E-state index contributed by atoms with van der Waals surface area (Å²) in [6.07, 6.45) is -0.958. The van der Waals surface area contributed by atoms with E-state index in [-0.39, 0.29) is 5.54 Å². The highest BCUT2D eigenvalue weighted by Crippen LogP contribution is 2.49. The minimum absolute atomic E-state index is 0.381. The number of fused-ring (bicyclic) bond motifs is 1. The Kier molecular flexibility index (Phi) is 3.28. The van der Waals surface area contributed by atoms with Crippen molar-refractivity contribution >= 4 is 16.9 Å². The number of hydrogen-bond acceptors (Lipinski definition) is 4. The molecule has 0 radical (unpaired) electrons. The van der Waals surface area contributed by atoms with E-state index in [1.54, 1.807) is 24.9 Å². The van der Waals surface area contributed by atoms with Crippen molar-refractivity contribution in [1.29, 1.82) is 0 Å². The van der Waals surface area contributed by atoms with Crippen LogP contribution in [0.25, 0.3) is 11.0 Å². The van der Waals surface area contributed by atoms with Gasteiger partial charge in [0.05, 0.1) is 22.7 Å². The van der Waals surface area contributed by atoms with E-state index in [4.69, 9.17) is 0 Å². The Bertz CT molecular complexity index is 939. The minimum atomic E-state index is -4.33. The van der Waals surface area contributed by atoms with Gasteiger partial charge in [-0.3, -0.25) is 4.68 Å². The fraction of sp³-hybridized carbons (Fsp3) is 0.353. The molecule has 8 heteroatoms. The molecule has 1 fully saturated rings. The molecule has 1 N–H and O–H groups in total. The number of nitrogens with zero attached hydrogens (tertiary/aromatic N) is 4. The highest BCUT2D eigenvalue weighted by atomic mass is 19.4. The zero-order chi connectivity index (χ0) is 17.8. The Hall–Kier alpha value is -2.64. The van der Waals surface area contributed by atoms with Crippen molar-refractivity contribution in [3.8, 4) is 0 Å². The number of halogens is 3. The molecule has 0 spiro atoms. The van der Waals surface area contributed by atoms with Gasteiger partial charge in [0.1, 0.15) is 11.6 Å². The van der Waals surface area contributed by atoms with Crippen molar-refractivity contribution in [3.05, 3.63) is 47.4 Å². The zero-order valence-corrected chi connectivity index (χ0v) is 13.7. The average Bonchev–Trinajstić information content (AvgIpc) is 3.24. The fourth-order valence-corrected chi connectivity index (χ4v) is 3.04. The molecule has 1 aromatic carbocycles. The van der Waals surface area contributed by atoms with Crippen LogP contribution in [0.1, 0.15) is 29.8 Å². The van der Waals surface area contributed by atoms with Crippen LogP contribution in [0.15, 0.2) is 30.5 Å². The molecule has 0 saturated heterocycles. The van der Waals surface area contributed by atoms with E-state index in [0.717, 1.165) is 41.6 Å². The molecule has 3 aromatic rings. The van der Waals surface area contributed by atoms with Gasteiger partial charge in [-0.25, -0.2) is 9.97 Å². The molecule has 1 aliphatic rings. The lowest BCUT2D eigenvalue weighted by atomic mass is 10.0. The Labute approximate surface area is 141 Å². The lowest BCUT2D eigenvalue weighted by molar-refractivity contribution is -0.137. The molecule has 5 nitrogen and oxygen atoms in total. The van der Waals surface area contributed by atoms with Crippen molar-refractivity contribution in [3.63, 3.8) is 0 Å². The van der Waals surface area contributed by atoms with Gasteiger partial charge in [-0.15, -0.1) is 0 Å². The van der Waals surface area contributed by atoms with Crippen LogP contribution in [0.4, 0.5) is 19.0 Å². The predicted octanol–water partition coefficient (Wildman–Crippen LogP) is 3.79. The molecular weight excluding hydrogens is 331 g/mol. The third-order valence-electron chi connectivity index (χ3n) is 4.58. The van der Waals surface area contributed by atoms with Crippen LogP contribution in [0.5, 0.6) is 0 Å². The maximum atomic E-state index is 12.8. The molecular formula is C17H16F3N5. The van der Waals surface area contributed by atoms with Gasteiger partial charge in [-0.05, 0) is 37.5 Å². The van der Waals surface area contributed by atoms with Crippen LogP contribution in [-0.4, -0.2) is 19.7 Å². The SMILES string of the molecule is Cc1nc(NC2(c3ccc(C(F)(F)F)cc3)CC2)c2cnn(C)c2n1. The molecule has 130 valence electrons. The Morgan fingerprint density at radius 3 is 2.40 bits per heavy atom. The van der Waals surface area contributed by atoms with Crippen molar-refractivity contribution in [2.45, 2.75) is 31.5 Å². The van der Waals surface area contributed by atoms with Crippen LogP contribution in [0.3, 0.4) is 0 Å². The number of anilines is 1. The summed E-state index contributed by atoms with van der Waals surface area (Å²) in [6.45, 7) is 1.80. The molecule has 25 heavy (non-hydrogen) atoms. The van der Waals surface area contributed by atoms with Crippen molar-refractivity contribution in [2.75, 3.05) is 5.32 Å². The molecule has 0 aliphatic heterocycles. The molecule has 0 atom stereocenters. The van der Waals surface area contributed by atoms with Gasteiger partial charge >= 0.3 is 6.18 Å². The topological polar surface area (TPSA) is 55.6 Å². The first-order valence-electron chi connectivity index (χ1n) is 7.91. The first-order chi connectivity index (χ1) is 11.8. The predicted molar refractivity (Wildman–Crippen MR) is 87.0 cm³/mol. The maximum absolute atomic E-state index is 12.8. The van der Waals surface area contributed by atoms with E-state index in [2.05, 4.69) is 20.4 Å². The highest BCUT2D eigenvalue weighted by molar-refractivity contribution is 5.87. The number of nitrogens with one attached hydrogen (secondary N) is 1. The van der Waals surface area contributed by atoms with Gasteiger partial charge in [0, 0.05) is 7.05 Å². The Morgan fingerprint density at radius 2 is 1.80 bits per heavy atom. The summed E-state index contributed by atoms with van der Waals surface area (Å²) in [5.41, 5.74) is 0.528. The summed E-state index contributed by atoms with van der Waals surface area (Å²) < 4.78 is 39.9. The zero-order valence-electron chi connectivity index (χ0n) is 13.7. The van der Waals surface area contributed by atoms with Crippen LogP contribution in [-0.2, 0) is 18.8 Å². The van der Waals surface area contributed by atoms with E-state index in [1.807, 2.05) is 0 Å². The van der Waals surface area contributed by atoms with Gasteiger partial charge in [0.25, 0.3) is 0 Å². The number of aryl methyl sites for hydroxylation is 2. The molecule has 1 saturated carbocycles. The summed E-state index contributed by atoms with van der Waals surface area (Å²) in [5, 5.41) is 8.42. The van der Waals surface area contributed by atoms with Crippen molar-refractivity contribution in [1.82, 2.24) is 19.7 Å². The number of aromatic nitrogens is 4. The smallest absolute Gasteiger partial charge is 0.360 e. The number of benzene rings is 1. The quantitative estimate of drug-likeness (QED) is 0.783. The summed E-state index contributed by atoms with van der Waals surface area (Å²) in [6, 6.07) is 5.33. The summed E-state index contributed by atoms with van der Waals surface area (Å²) in [7, 11) is 1.81. The monoisotopic (exact) mass is 347 g/mol. The summed E-state index contributed by atoms with van der Waals surface area (Å²) in [5.74, 6) is 1.27. The van der Waals surface area contributed by atoms with Gasteiger partial charge in [-0.1, -0.05) is 12.1 Å². The van der Waals surface area contributed by atoms with E-state index in [0.29, 0.717) is 11.6 Å². The van der Waals surface area contributed by atoms with E-state index in [9.17, 15) is 13.2 Å². The van der Waals surface area contributed by atoms with Gasteiger partial charge < -0.3 is 5.32 Å². The van der Waals surface area contributed by atoms with Crippen molar-refractivity contribution < 1.29 is 13.2 Å². The third-order valence-corrected chi connectivity index (χ3v) is 4.58. The standard InChI is InChI=1S/C17H16F3N5/c1-10-22-14(13-9-21-25(2)15(13)23-10)24-16(7-8-16)11-3-5-12(6-4-11)17(18,19)20/h3-6,9H,7-8H2,1-2H3,(H,22,23,24). The number of hydrogen-bond donors (Lipinski definition) is 1. The normalized spacial score (nSPS) is 16.2. The lowest BCUT2D eigenvalue weighted by Gasteiger charge is -2.20. The van der Waals surface area contributed by atoms with E-state index < -0.39 is 11.7 Å². The molecule has 4 rings (SSSR count). The van der Waals surface area contributed by atoms with Crippen LogP contribution in [0, 0.1) is 6.92 Å². The molecule has 2 aromatic heterocycles. The summed E-state index contributed by atoms with van der Waals surface area (Å²) >= 11 is 0. The average molecular weight is 347 g/mol. The Balaban J connectivity index is 1.69. The third kappa shape index (κ3) is 2.71. The first-order valence-corrected chi connectivity index (χ1v) is 7.91. The second-order valence-corrected chi connectivity index (χ2v) is 6.41. The molecule has 0 unspecified atom stereocenters. The van der Waals surface area contributed by atoms with Crippen LogP contribution in [0.2, 0.25) is 0 Å². The molecule has 1 aliphatic carbocycles. The summed E-state index contributed by atoms with van der Waals surface area (Å²) in [4.78, 5) is 8.85. The second kappa shape index (κ2) is 5.18. The number of rotatable bonds is 3. The Morgan fingerprint density at radius 1 is 1.12 bits per heavy atom. The van der Waals surface area contributed by atoms with E-state index in [1.165, 1.54) is 12.1 Å². The van der Waals surface area contributed by atoms with Gasteiger partial charge in [0.15, 0.2) is 5.65 Å². The minimum Gasteiger partial charge on any atom is -0.360 e. The second-order valence-electron chi connectivity index (χ2n) is 6.41. The molecule has 0 amide bonds. The molecule has 0 bridgehead atoms. The van der Waals surface area contributed by atoms with Crippen molar-refractivity contribution in [2.24, 2.45) is 7.05 Å². The molecule has 2 heterocycles.